The summed E-state index contributed by atoms with van der Waals surface area (Å²) in [4.78, 5) is 82.5. The molecule has 37 heteroatoms. The van der Waals surface area contributed by atoms with Gasteiger partial charge >= 0.3 is 7.82 Å². The number of aliphatic hydroxyl groups excluding tert-OH is 1. The minimum atomic E-state index is -5.10. The first-order valence-corrected chi connectivity index (χ1v) is 24.8. The topological polar surface area (TPSA) is 455 Å². The van der Waals surface area contributed by atoms with Crippen LogP contribution in [0.25, 0.3) is 0 Å². The van der Waals surface area contributed by atoms with Crippen molar-refractivity contribution in [2.45, 2.75) is 40.1 Å². The minimum Gasteiger partial charge on any atom is -0.756 e. The number of aliphatic hydroxyl groups is 1. The Kier molecular flexibility index (Phi) is 39.8. The quantitative estimate of drug-likeness (QED) is 0.0181. The molecule has 0 amide bonds. The van der Waals surface area contributed by atoms with Crippen LogP contribution in [-0.4, -0.2) is 152 Å². The first-order chi connectivity index (χ1) is 26.7. The van der Waals surface area contributed by atoms with E-state index in [4.69, 9.17) is 34.0 Å². The van der Waals surface area contributed by atoms with Gasteiger partial charge in [-0.15, -0.1) is 0 Å². The summed E-state index contributed by atoms with van der Waals surface area (Å²) in [5, 5.41) is 17.0. The van der Waals surface area contributed by atoms with Crippen LogP contribution < -0.4 is 40.4 Å². The molecule has 8 atom stereocenters. The van der Waals surface area contributed by atoms with Crippen molar-refractivity contribution in [2.75, 3.05) is 114 Å². The first kappa shape index (κ1) is 67.0. The van der Waals surface area contributed by atoms with E-state index in [0.29, 0.717) is 0 Å². The molecule has 7 N–H and O–H groups in total. The summed E-state index contributed by atoms with van der Waals surface area (Å²) in [6.07, 6.45) is -3.54. The molecule has 0 rings (SSSR count). The molecule has 0 saturated carbocycles. The molecule has 0 fully saturated rings. The second kappa shape index (κ2) is 35.6. The van der Waals surface area contributed by atoms with Gasteiger partial charge in [-0.25, -0.2) is 4.57 Å². The molecule has 8 unspecified atom stereocenters. The van der Waals surface area contributed by atoms with E-state index in [0.717, 1.165) is 0 Å². The molecule has 0 spiro atoms. The van der Waals surface area contributed by atoms with Crippen molar-refractivity contribution in [1.82, 2.24) is 16.0 Å². The maximum absolute atomic E-state index is 11.8. The van der Waals surface area contributed by atoms with E-state index in [9.17, 15) is 51.9 Å². The van der Waals surface area contributed by atoms with E-state index in [1.807, 2.05) is 0 Å². The Hall–Kier alpha value is 0.380. The largest absolute Gasteiger partial charge is 0.756 e. The fraction of sp³-hybridized carbons (Fsp3) is 1.00. The van der Waals surface area contributed by atoms with Gasteiger partial charge < -0.3 is 99.2 Å². The Balaban J connectivity index is -0.000000630. The van der Waals surface area contributed by atoms with Gasteiger partial charge in [0, 0.05) is 0 Å². The van der Waals surface area contributed by atoms with E-state index >= 15 is 0 Å². The highest BCUT2D eigenvalue weighted by Gasteiger charge is 2.25. The third-order valence-corrected chi connectivity index (χ3v) is 10.2. The van der Waals surface area contributed by atoms with Gasteiger partial charge in [0.25, 0.3) is 39.1 Å². The van der Waals surface area contributed by atoms with Crippen LogP contribution in [0.15, 0.2) is 0 Å². The highest BCUT2D eigenvalue weighted by atomic mass is 31.2. The maximum atomic E-state index is 11.8. The predicted octanol–water partition coefficient (Wildman–Crippen LogP) is -3.46. The van der Waals surface area contributed by atoms with Gasteiger partial charge in [0.15, 0.2) is 0 Å². The summed E-state index contributed by atoms with van der Waals surface area (Å²) >= 11 is 0. The number of nitrogens with one attached hydrogen (secondary N) is 3. The minimum absolute atomic E-state index is 0. The fourth-order valence-corrected chi connectivity index (χ4v) is 6.89. The van der Waals surface area contributed by atoms with E-state index in [-0.39, 0.29) is 48.3 Å². The van der Waals surface area contributed by atoms with Crippen molar-refractivity contribution in [2.24, 2.45) is 0 Å². The third-order valence-electron chi connectivity index (χ3n) is 4.95. The van der Waals surface area contributed by atoms with Crippen molar-refractivity contribution in [3.8, 4) is 0 Å². The summed E-state index contributed by atoms with van der Waals surface area (Å²) < 4.78 is 126. The average molecular weight is 1010 g/mol. The zero-order valence-corrected chi connectivity index (χ0v) is 36.8. The molecule has 0 aliphatic carbocycles. The zero-order chi connectivity index (χ0) is 44.9. The lowest BCUT2D eigenvalue weighted by atomic mass is 10.4. The van der Waals surface area contributed by atoms with Gasteiger partial charge in [0.05, 0.1) is 99.0 Å². The van der Waals surface area contributed by atoms with Gasteiger partial charge in [-0.05, 0) is 28.1 Å². The molecule has 0 aliphatic rings. The number of phosphoric acid groups is 6. The molecule has 0 bridgehead atoms. The summed E-state index contributed by atoms with van der Waals surface area (Å²) in [5.74, 6) is 0. The monoisotopic (exact) mass is 1010 g/mol. The van der Waals surface area contributed by atoms with Crippen LogP contribution in [-0.2, 0) is 86.8 Å². The van der Waals surface area contributed by atoms with Gasteiger partial charge in [-0.1, -0.05) is 14.9 Å². The number of hydrogen-bond donors (Lipinski definition) is 7. The molecular weight excluding hydrogens is 952 g/mol. The van der Waals surface area contributed by atoms with Gasteiger partial charge in [-0.3, -0.25) is 43.3 Å². The Morgan fingerprint density at radius 1 is 0.483 bits per heavy atom. The van der Waals surface area contributed by atoms with Crippen molar-refractivity contribution < 1.29 is 131 Å². The van der Waals surface area contributed by atoms with Crippen LogP contribution in [0.2, 0.25) is 0 Å². The van der Waals surface area contributed by atoms with E-state index < -0.39 is 125 Å². The van der Waals surface area contributed by atoms with Gasteiger partial charge in [0.1, 0.15) is 12.2 Å². The van der Waals surface area contributed by atoms with E-state index in [1.165, 1.54) is 14.0 Å². The van der Waals surface area contributed by atoms with Gasteiger partial charge in [0.2, 0.25) is 0 Å². The fourth-order valence-electron chi connectivity index (χ4n) is 2.97. The van der Waals surface area contributed by atoms with Crippen LogP contribution in [0.3, 0.4) is 0 Å². The van der Waals surface area contributed by atoms with Crippen molar-refractivity contribution in [3.05, 3.63) is 0 Å². The number of rotatable bonds is 37. The zero-order valence-electron chi connectivity index (χ0n) is 31.4. The summed E-state index contributed by atoms with van der Waals surface area (Å²) in [6.45, 7) is -5.29. The molecule has 0 aromatic heterocycles. The van der Waals surface area contributed by atoms with Crippen LogP contribution >= 0.6 is 46.9 Å². The Bertz CT molecular complexity index is 1360. The molecule has 0 heterocycles. The standard InChI is InChI=1S/C14H36N2O19P4.C7H19NO9P2.2CH4/c1-15-11-27-8-13(7-17)35-39(25,26)32-6-5-30-37(21,22)29-3-4-31-38(23,24)33-10-14(9-28-12-16-2)34-36(18,19)20;1-7(5-14-6-8-2)17-19(12,13)16-4-3-15-18(9,10)11;;/h13-17H,3-12H2,1-2H3,(H,21,22)(H,23,24)(H,25,26)(H2,18,19,20);7-8H,3-6H2,1-2H3,(H,12,13)(H2,9,10,11);2*1H4/p-5. The maximum Gasteiger partial charge on any atom is 0.470 e. The molecule has 0 aromatic carbocycles. The van der Waals surface area contributed by atoms with Gasteiger partial charge in [-0.2, -0.15) is 0 Å². The summed E-state index contributed by atoms with van der Waals surface area (Å²) in [7, 11) is -24.9. The average Bonchev–Trinajstić information content (AvgIpc) is 3.08. The van der Waals surface area contributed by atoms with E-state index in [1.54, 1.807) is 14.1 Å². The number of phosphoric ester groups is 6. The van der Waals surface area contributed by atoms with Crippen molar-refractivity contribution in [1.29, 1.82) is 0 Å². The normalized spacial score (nSPS) is 18.4. The second-order valence-corrected chi connectivity index (χ2v) is 18.1. The molecule has 31 nitrogen and oxygen atoms in total. The number of hydrogen-bond acceptors (Lipinski definition) is 28. The predicted molar refractivity (Wildman–Crippen MR) is 194 cm³/mol. The second-order valence-electron chi connectivity index (χ2n) is 10.2. The SMILES string of the molecule is C.C.CNCOCC(C)OP(=O)([O-])OCCOP(=O)([O-])O.CNCOCC(COP(=O)([O-])OCCOP(=O)([O-])OCCOP(=O)([O-])OC(CO)COCNC)OP(=O)(O)O. The Morgan fingerprint density at radius 2 is 0.833 bits per heavy atom. The molecule has 0 aliphatic heterocycles. The number of ether oxygens (including phenoxy) is 3. The van der Waals surface area contributed by atoms with Crippen LogP contribution in [0.5, 0.6) is 0 Å². The highest BCUT2D eigenvalue weighted by molar-refractivity contribution is 7.47. The molecule has 0 aromatic rings. The smallest absolute Gasteiger partial charge is 0.470 e. The summed E-state index contributed by atoms with van der Waals surface area (Å²) in [5.41, 5.74) is 0. The lowest BCUT2D eigenvalue weighted by Gasteiger charge is -2.28. The summed E-state index contributed by atoms with van der Waals surface area (Å²) in [6, 6.07) is 0. The lowest BCUT2D eigenvalue weighted by molar-refractivity contribution is -0.238. The third kappa shape index (κ3) is 45.0. The molecule has 0 saturated heterocycles. The highest BCUT2D eigenvalue weighted by Crippen LogP contribution is 2.44. The van der Waals surface area contributed by atoms with Crippen molar-refractivity contribution >= 4 is 46.9 Å². The lowest BCUT2D eigenvalue weighted by Crippen LogP contribution is -2.28. The molecule has 0 radical (unpaired) electrons. The molecule has 368 valence electrons. The molecule has 60 heavy (non-hydrogen) atoms. The first-order valence-electron chi connectivity index (χ1n) is 15.9. The van der Waals surface area contributed by atoms with Crippen molar-refractivity contribution in [3.63, 3.8) is 0 Å². The van der Waals surface area contributed by atoms with E-state index in [2.05, 4.69) is 61.2 Å². The molecular formula is C23H58N3O28P6-5. The van der Waals surface area contributed by atoms with Crippen LogP contribution in [0.4, 0.5) is 0 Å². The Morgan fingerprint density at radius 3 is 1.22 bits per heavy atom. The van der Waals surface area contributed by atoms with Crippen LogP contribution in [0.1, 0.15) is 21.8 Å². The Labute approximate surface area is 347 Å². The van der Waals surface area contributed by atoms with Crippen LogP contribution in [0, 0.1) is 0 Å².